The molecule has 1 aliphatic heterocycles. The first-order chi connectivity index (χ1) is 9.13. The Morgan fingerprint density at radius 1 is 1.32 bits per heavy atom. The number of nitrogens with two attached hydrogens (primary N) is 1. The van der Waals surface area contributed by atoms with Crippen LogP contribution in [-0.2, 0) is 4.74 Å². The van der Waals surface area contributed by atoms with Gasteiger partial charge in [0, 0.05) is 30.8 Å². The van der Waals surface area contributed by atoms with Crippen molar-refractivity contribution < 1.29 is 13.5 Å². The third-order valence-electron chi connectivity index (χ3n) is 3.77. The smallest absolute Gasteiger partial charge is 0.263 e. The summed E-state index contributed by atoms with van der Waals surface area (Å²) in [5.74, 6) is 0. The summed E-state index contributed by atoms with van der Waals surface area (Å²) >= 11 is 0. The first-order valence-corrected chi connectivity index (χ1v) is 6.51. The van der Waals surface area contributed by atoms with Crippen LogP contribution in [0, 0.1) is 0 Å². The van der Waals surface area contributed by atoms with E-state index in [2.05, 4.69) is 4.90 Å². The Morgan fingerprint density at radius 2 is 1.95 bits per heavy atom. The van der Waals surface area contributed by atoms with E-state index in [1.165, 1.54) is 12.1 Å². The molecule has 0 radical (unpaired) electrons. The van der Waals surface area contributed by atoms with E-state index in [1.807, 2.05) is 7.05 Å². The van der Waals surface area contributed by atoms with E-state index < -0.39 is 6.43 Å². The lowest BCUT2D eigenvalue weighted by Crippen LogP contribution is -2.38. The van der Waals surface area contributed by atoms with Gasteiger partial charge in [-0.2, -0.15) is 0 Å². The Bertz CT molecular complexity index is 391. The van der Waals surface area contributed by atoms with Crippen LogP contribution in [0.1, 0.15) is 30.0 Å². The standard InChI is InChI=1S/C14H20F2N2O/c1-18(12-6-7-19-9-12)13(8-17)10-2-4-11(5-3-10)14(15)16/h2-5,12-14H,6-9,17H2,1H3. The third-order valence-corrected chi connectivity index (χ3v) is 3.77. The maximum absolute atomic E-state index is 12.5. The molecule has 106 valence electrons. The van der Waals surface area contributed by atoms with Crippen LogP contribution in [0.4, 0.5) is 8.78 Å². The first kappa shape index (κ1) is 14.4. The molecule has 1 aromatic rings. The number of halogens is 2. The first-order valence-electron chi connectivity index (χ1n) is 6.51. The number of hydrogen-bond donors (Lipinski definition) is 1. The molecule has 1 aliphatic rings. The van der Waals surface area contributed by atoms with Crippen molar-refractivity contribution >= 4 is 0 Å². The molecule has 0 spiro atoms. The highest BCUT2D eigenvalue weighted by molar-refractivity contribution is 5.26. The van der Waals surface area contributed by atoms with E-state index >= 15 is 0 Å². The van der Waals surface area contributed by atoms with E-state index in [1.54, 1.807) is 12.1 Å². The fraction of sp³-hybridized carbons (Fsp3) is 0.571. The molecule has 0 aliphatic carbocycles. The lowest BCUT2D eigenvalue weighted by atomic mass is 10.0. The molecule has 1 heterocycles. The average Bonchev–Trinajstić information content (AvgIpc) is 2.94. The van der Waals surface area contributed by atoms with Gasteiger partial charge in [-0.15, -0.1) is 0 Å². The Labute approximate surface area is 112 Å². The van der Waals surface area contributed by atoms with Crippen LogP contribution >= 0.6 is 0 Å². The molecule has 2 atom stereocenters. The molecule has 1 fully saturated rings. The van der Waals surface area contributed by atoms with Crippen LogP contribution in [0.15, 0.2) is 24.3 Å². The molecule has 0 amide bonds. The number of alkyl halides is 2. The molecule has 2 N–H and O–H groups in total. The Morgan fingerprint density at radius 3 is 2.42 bits per heavy atom. The van der Waals surface area contributed by atoms with Crippen molar-refractivity contribution in [3.8, 4) is 0 Å². The molecule has 19 heavy (non-hydrogen) atoms. The van der Waals surface area contributed by atoms with Crippen molar-refractivity contribution in [1.29, 1.82) is 0 Å². The van der Waals surface area contributed by atoms with Crippen molar-refractivity contribution in [2.24, 2.45) is 5.73 Å². The van der Waals surface area contributed by atoms with Gasteiger partial charge in [0.25, 0.3) is 6.43 Å². The van der Waals surface area contributed by atoms with E-state index in [4.69, 9.17) is 10.5 Å². The summed E-state index contributed by atoms with van der Waals surface area (Å²) in [6.07, 6.45) is -1.44. The lowest BCUT2D eigenvalue weighted by molar-refractivity contribution is 0.134. The molecular formula is C14H20F2N2O. The van der Waals surface area contributed by atoms with Crippen molar-refractivity contribution in [1.82, 2.24) is 4.90 Å². The molecule has 0 saturated carbocycles. The van der Waals surface area contributed by atoms with Crippen LogP contribution < -0.4 is 5.73 Å². The Hall–Kier alpha value is -1.04. The largest absolute Gasteiger partial charge is 0.380 e. The van der Waals surface area contributed by atoms with Gasteiger partial charge in [-0.1, -0.05) is 24.3 Å². The van der Waals surface area contributed by atoms with Gasteiger partial charge >= 0.3 is 0 Å². The van der Waals surface area contributed by atoms with Gasteiger partial charge in [-0.3, -0.25) is 4.90 Å². The van der Waals surface area contributed by atoms with Crippen LogP contribution in [0.3, 0.4) is 0 Å². The minimum absolute atomic E-state index is 0.0402. The van der Waals surface area contributed by atoms with E-state index in [-0.39, 0.29) is 11.6 Å². The molecule has 2 rings (SSSR count). The van der Waals surface area contributed by atoms with Gasteiger partial charge in [-0.05, 0) is 19.0 Å². The summed E-state index contributed by atoms with van der Waals surface area (Å²) in [7, 11) is 2.01. The Balaban J connectivity index is 2.11. The number of rotatable bonds is 5. The lowest BCUT2D eigenvalue weighted by Gasteiger charge is -2.31. The van der Waals surface area contributed by atoms with Crippen LogP contribution in [-0.4, -0.2) is 37.7 Å². The minimum Gasteiger partial charge on any atom is -0.380 e. The second-order valence-corrected chi connectivity index (χ2v) is 4.90. The molecule has 2 unspecified atom stereocenters. The second-order valence-electron chi connectivity index (χ2n) is 4.90. The number of nitrogens with zero attached hydrogens (tertiary/aromatic N) is 1. The fourth-order valence-corrected chi connectivity index (χ4v) is 2.50. The number of ether oxygens (including phenoxy) is 1. The summed E-state index contributed by atoms with van der Waals surface area (Å²) < 4.78 is 30.4. The van der Waals surface area contributed by atoms with E-state index in [0.29, 0.717) is 19.2 Å². The van der Waals surface area contributed by atoms with Crippen LogP contribution in [0.5, 0.6) is 0 Å². The maximum Gasteiger partial charge on any atom is 0.263 e. The highest BCUT2D eigenvalue weighted by Gasteiger charge is 2.26. The molecule has 0 aromatic heterocycles. The summed E-state index contributed by atoms with van der Waals surface area (Å²) in [6.45, 7) is 1.94. The quantitative estimate of drug-likeness (QED) is 0.892. The molecule has 0 bridgehead atoms. The molecule has 5 heteroatoms. The third kappa shape index (κ3) is 3.29. The Kier molecular flexibility index (Phi) is 4.85. The molecule has 1 aromatic carbocycles. The average molecular weight is 270 g/mol. The zero-order valence-corrected chi connectivity index (χ0v) is 11.1. The highest BCUT2D eigenvalue weighted by Crippen LogP contribution is 2.26. The zero-order valence-electron chi connectivity index (χ0n) is 11.1. The predicted octanol–water partition coefficient (Wildman–Crippen LogP) is 2.34. The minimum atomic E-state index is -2.42. The van der Waals surface area contributed by atoms with Crippen molar-refractivity contribution in [2.45, 2.75) is 24.9 Å². The number of hydrogen-bond acceptors (Lipinski definition) is 3. The van der Waals surface area contributed by atoms with Gasteiger partial charge in [-0.25, -0.2) is 8.78 Å². The monoisotopic (exact) mass is 270 g/mol. The molecule has 3 nitrogen and oxygen atoms in total. The van der Waals surface area contributed by atoms with Gasteiger partial charge in [0.2, 0.25) is 0 Å². The summed E-state index contributed by atoms with van der Waals surface area (Å²) in [4.78, 5) is 2.18. The van der Waals surface area contributed by atoms with Crippen molar-refractivity contribution in [3.05, 3.63) is 35.4 Å². The van der Waals surface area contributed by atoms with Gasteiger partial charge in [0.05, 0.1) is 6.61 Å². The predicted molar refractivity (Wildman–Crippen MR) is 70.2 cm³/mol. The van der Waals surface area contributed by atoms with Gasteiger partial charge < -0.3 is 10.5 Å². The highest BCUT2D eigenvalue weighted by atomic mass is 19.3. The topological polar surface area (TPSA) is 38.5 Å². The maximum atomic E-state index is 12.5. The second kappa shape index (κ2) is 6.41. The number of benzene rings is 1. The van der Waals surface area contributed by atoms with Gasteiger partial charge in [0.1, 0.15) is 0 Å². The van der Waals surface area contributed by atoms with E-state index in [0.717, 1.165) is 18.6 Å². The normalized spacial score (nSPS) is 21.3. The zero-order chi connectivity index (χ0) is 13.8. The summed E-state index contributed by atoms with van der Waals surface area (Å²) in [5.41, 5.74) is 6.86. The van der Waals surface area contributed by atoms with Crippen LogP contribution in [0.25, 0.3) is 0 Å². The van der Waals surface area contributed by atoms with Gasteiger partial charge in [0.15, 0.2) is 0 Å². The fourth-order valence-electron chi connectivity index (χ4n) is 2.50. The van der Waals surface area contributed by atoms with Crippen molar-refractivity contribution in [3.63, 3.8) is 0 Å². The van der Waals surface area contributed by atoms with Crippen molar-refractivity contribution in [2.75, 3.05) is 26.8 Å². The molecular weight excluding hydrogens is 250 g/mol. The van der Waals surface area contributed by atoms with E-state index in [9.17, 15) is 8.78 Å². The van der Waals surface area contributed by atoms with Crippen LogP contribution in [0.2, 0.25) is 0 Å². The summed E-state index contributed by atoms with van der Waals surface area (Å²) in [5, 5.41) is 0. The summed E-state index contributed by atoms with van der Waals surface area (Å²) in [6, 6.07) is 6.82. The SMILES string of the molecule is CN(C1CCOC1)C(CN)c1ccc(C(F)F)cc1. The molecule has 1 saturated heterocycles. The number of likely N-dealkylation sites (N-methyl/N-ethyl adjacent to an activating group) is 1.